The third-order valence-corrected chi connectivity index (χ3v) is 6.13. The SMILES string of the molecule is COc1ccc(C=C2SC(=NN=C3C(=O)Nc4ccc(F)cc43)N(c3ccccc3)C2=O)cc1. The largest absolute Gasteiger partial charge is 0.497 e. The van der Waals surface area contributed by atoms with E-state index >= 15 is 0 Å². The average Bonchev–Trinajstić information content (AvgIpc) is 3.33. The molecule has 5 rings (SSSR count). The van der Waals surface area contributed by atoms with E-state index in [9.17, 15) is 14.0 Å². The first-order chi connectivity index (χ1) is 16.5. The normalized spacial score (nSPS) is 18.6. The van der Waals surface area contributed by atoms with Crippen LogP contribution >= 0.6 is 11.8 Å². The molecule has 1 saturated heterocycles. The van der Waals surface area contributed by atoms with Gasteiger partial charge in [0.25, 0.3) is 11.8 Å². The maximum atomic E-state index is 13.7. The molecular weight excluding hydrogens is 455 g/mol. The summed E-state index contributed by atoms with van der Waals surface area (Å²) >= 11 is 1.14. The van der Waals surface area contributed by atoms with E-state index < -0.39 is 11.7 Å². The van der Waals surface area contributed by atoms with Gasteiger partial charge in [-0.1, -0.05) is 30.3 Å². The molecule has 168 valence electrons. The van der Waals surface area contributed by atoms with Gasteiger partial charge in [-0.25, -0.2) is 4.39 Å². The Balaban J connectivity index is 1.54. The van der Waals surface area contributed by atoms with Gasteiger partial charge in [-0.15, -0.1) is 10.2 Å². The molecule has 0 atom stereocenters. The summed E-state index contributed by atoms with van der Waals surface area (Å²) in [5.41, 5.74) is 2.19. The number of benzene rings is 3. The first-order valence-electron chi connectivity index (χ1n) is 10.2. The number of amidine groups is 1. The Morgan fingerprint density at radius 3 is 2.50 bits per heavy atom. The minimum atomic E-state index is -0.489. The Morgan fingerprint density at radius 2 is 1.76 bits per heavy atom. The van der Waals surface area contributed by atoms with Gasteiger partial charge < -0.3 is 10.1 Å². The second-order valence-electron chi connectivity index (χ2n) is 7.34. The van der Waals surface area contributed by atoms with Crippen LogP contribution in [0.15, 0.2) is 87.9 Å². The van der Waals surface area contributed by atoms with Gasteiger partial charge in [-0.05, 0) is 65.9 Å². The molecule has 3 aromatic rings. The molecule has 3 aromatic carbocycles. The van der Waals surface area contributed by atoms with Crippen LogP contribution in [-0.2, 0) is 9.59 Å². The van der Waals surface area contributed by atoms with Crippen molar-refractivity contribution >= 4 is 51.9 Å². The quantitative estimate of drug-likeness (QED) is 0.442. The Hall–Kier alpha value is -4.24. The molecule has 9 heteroatoms. The van der Waals surface area contributed by atoms with Crippen LogP contribution in [-0.4, -0.2) is 29.8 Å². The fourth-order valence-corrected chi connectivity index (χ4v) is 4.45. The average molecular weight is 473 g/mol. The van der Waals surface area contributed by atoms with Crippen molar-refractivity contribution in [2.24, 2.45) is 10.2 Å². The van der Waals surface area contributed by atoms with Gasteiger partial charge in [0.1, 0.15) is 11.6 Å². The van der Waals surface area contributed by atoms with Crippen LogP contribution in [0.2, 0.25) is 0 Å². The number of carbonyl (C=O) groups excluding carboxylic acids is 2. The zero-order valence-electron chi connectivity index (χ0n) is 17.9. The number of thioether (sulfide) groups is 1. The lowest BCUT2D eigenvalue weighted by molar-refractivity contribution is -0.113. The fourth-order valence-electron chi connectivity index (χ4n) is 3.51. The summed E-state index contributed by atoms with van der Waals surface area (Å²) in [6.45, 7) is 0. The molecule has 0 unspecified atom stereocenters. The van der Waals surface area contributed by atoms with Crippen LogP contribution in [0.5, 0.6) is 5.75 Å². The highest BCUT2D eigenvalue weighted by atomic mass is 32.2. The van der Waals surface area contributed by atoms with Gasteiger partial charge in [0.2, 0.25) is 5.17 Å². The summed E-state index contributed by atoms with van der Waals surface area (Å²) in [5.74, 6) is -0.535. The lowest BCUT2D eigenvalue weighted by Gasteiger charge is -2.14. The van der Waals surface area contributed by atoms with Gasteiger partial charge in [0.05, 0.1) is 23.4 Å². The molecule has 1 fully saturated rings. The summed E-state index contributed by atoms with van der Waals surface area (Å²) < 4.78 is 18.9. The van der Waals surface area contributed by atoms with Crippen molar-refractivity contribution in [2.75, 3.05) is 17.3 Å². The second-order valence-corrected chi connectivity index (χ2v) is 8.34. The number of halogens is 1. The molecule has 2 aliphatic heterocycles. The monoisotopic (exact) mass is 472 g/mol. The lowest BCUT2D eigenvalue weighted by Crippen LogP contribution is -2.28. The molecule has 7 nitrogen and oxygen atoms in total. The molecule has 2 aliphatic rings. The van der Waals surface area contributed by atoms with Gasteiger partial charge in [-0.3, -0.25) is 14.5 Å². The molecule has 2 heterocycles. The molecule has 0 aromatic heterocycles. The van der Waals surface area contributed by atoms with Crippen LogP contribution < -0.4 is 15.0 Å². The Morgan fingerprint density at radius 1 is 1.00 bits per heavy atom. The molecule has 2 amide bonds. The Labute approximate surface area is 198 Å². The predicted octanol–water partition coefficient (Wildman–Crippen LogP) is 4.67. The number of carbonyl (C=O) groups is 2. The molecule has 1 N–H and O–H groups in total. The van der Waals surface area contributed by atoms with Crippen molar-refractivity contribution < 1.29 is 18.7 Å². The third-order valence-electron chi connectivity index (χ3n) is 5.17. The third kappa shape index (κ3) is 4.08. The number of amides is 2. The Bertz CT molecular complexity index is 1390. The predicted molar refractivity (Wildman–Crippen MR) is 131 cm³/mol. The minimum Gasteiger partial charge on any atom is -0.497 e. The molecular formula is C25H17FN4O3S. The molecule has 34 heavy (non-hydrogen) atoms. The van der Waals surface area contributed by atoms with E-state index in [0.717, 1.165) is 17.3 Å². The number of para-hydroxylation sites is 1. The summed E-state index contributed by atoms with van der Waals surface area (Å²) in [7, 11) is 1.59. The molecule has 0 aliphatic carbocycles. The number of hydrogen-bond acceptors (Lipinski definition) is 6. The molecule has 0 saturated carbocycles. The van der Waals surface area contributed by atoms with Crippen LogP contribution in [0.3, 0.4) is 0 Å². The first kappa shape index (κ1) is 21.6. The number of nitrogens with one attached hydrogen (secondary N) is 1. The van der Waals surface area contributed by atoms with E-state index in [1.807, 2.05) is 42.5 Å². The van der Waals surface area contributed by atoms with Gasteiger partial charge in [0, 0.05) is 5.56 Å². The molecule has 0 spiro atoms. The van der Waals surface area contributed by atoms with E-state index in [0.29, 0.717) is 27.6 Å². The maximum absolute atomic E-state index is 13.7. The van der Waals surface area contributed by atoms with Gasteiger partial charge in [0.15, 0.2) is 5.71 Å². The smallest absolute Gasteiger partial charge is 0.276 e. The second kappa shape index (κ2) is 8.95. The van der Waals surface area contributed by atoms with E-state index in [2.05, 4.69) is 15.5 Å². The van der Waals surface area contributed by atoms with Crippen molar-refractivity contribution in [3.8, 4) is 5.75 Å². The highest BCUT2D eigenvalue weighted by Crippen LogP contribution is 2.36. The lowest BCUT2D eigenvalue weighted by atomic mass is 10.1. The number of ether oxygens (including phenoxy) is 1. The number of rotatable bonds is 4. The zero-order chi connectivity index (χ0) is 23.7. The molecule has 0 radical (unpaired) electrons. The van der Waals surface area contributed by atoms with E-state index in [-0.39, 0.29) is 16.8 Å². The summed E-state index contributed by atoms with van der Waals surface area (Å²) in [5, 5.41) is 11.3. The van der Waals surface area contributed by atoms with E-state index in [1.54, 1.807) is 25.3 Å². The number of methoxy groups -OCH3 is 1. The Kier molecular flexibility index (Phi) is 5.69. The number of fused-ring (bicyclic) bond motifs is 1. The molecule has 0 bridgehead atoms. The van der Waals surface area contributed by atoms with Crippen molar-refractivity contribution in [3.05, 3.63) is 94.6 Å². The van der Waals surface area contributed by atoms with Crippen LogP contribution in [0.1, 0.15) is 11.1 Å². The van der Waals surface area contributed by atoms with Crippen LogP contribution in [0.25, 0.3) is 6.08 Å². The topological polar surface area (TPSA) is 83.4 Å². The van der Waals surface area contributed by atoms with Crippen molar-refractivity contribution in [1.29, 1.82) is 0 Å². The number of nitrogens with zero attached hydrogens (tertiary/aromatic N) is 3. The summed E-state index contributed by atoms with van der Waals surface area (Å²) in [4.78, 5) is 27.6. The van der Waals surface area contributed by atoms with Gasteiger partial charge in [-0.2, -0.15) is 0 Å². The number of anilines is 2. The van der Waals surface area contributed by atoms with E-state index in [1.165, 1.54) is 23.1 Å². The maximum Gasteiger partial charge on any atom is 0.276 e. The standard InChI is InChI=1S/C25H17FN4O3S/c1-33-18-10-7-15(8-11-18)13-21-24(32)30(17-5-3-2-4-6-17)25(34-21)29-28-22-19-14-16(26)9-12-20(19)27-23(22)31/h2-14H,1H3,(H,27,28,31). The minimum absolute atomic E-state index is 0.0179. The summed E-state index contributed by atoms with van der Waals surface area (Å²) in [6, 6.07) is 20.3. The first-order valence-corrected chi connectivity index (χ1v) is 11.0. The van der Waals surface area contributed by atoms with E-state index in [4.69, 9.17) is 4.74 Å². The number of hydrogen-bond donors (Lipinski definition) is 1. The van der Waals surface area contributed by atoms with Crippen LogP contribution in [0.4, 0.5) is 15.8 Å². The van der Waals surface area contributed by atoms with Gasteiger partial charge >= 0.3 is 0 Å². The highest BCUT2D eigenvalue weighted by molar-refractivity contribution is 8.19. The zero-order valence-corrected chi connectivity index (χ0v) is 18.7. The van der Waals surface area contributed by atoms with Crippen LogP contribution in [0, 0.1) is 5.82 Å². The van der Waals surface area contributed by atoms with Crippen molar-refractivity contribution in [3.63, 3.8) is 0 Å². The van der Waals surface area contributed by atoms with Crippen molar-refractivity contribution in [1.82, 2.24) is 0 Å². The fraction of sp³-hybridized carbons (Fsp3) is 0.0400. The highest BCUT2D eigenvalue weighted by Gasteiger charge is 2.35. The van der Waals surface area contributed by atoms with Crippen molar-refractivity contribution in [2.45, 2.75) is 0 Å². The summed E-state index contributed by atoms with van der Waals surface area (Å²) in [6.07, 6.45) is 1.75.